The molecule has 0 aliphatic carbocycles. The van der Waals surface area contributed by atoms with Crippen LogP contribution in [-0.4, -0.2) is 26.7 Å². The van der Waals surface area contributed by atoms with E-state index in [9.17, 15) is 0 Å². The Labute approximate surface area is 95.3 Å². The van der Waals surface area contributed by atoms with E-state index in [1.165, 1.54) is 31.4 Å². The van der Waals surface area contributed by atoms with Gasteiger partial charge >= 0.3 is 0 Å². The molecular weight excluding hydrogens is 202 g/mol. The Morgan fingerprint density at radius 1 is 1.40 bits per heavy atom. The molecule has 1 atom stereocenters. The number of hydrogen-bond donors (Lipinski definition) is 0. The topological polar surface area (TPSA) is 21.6 Å². The highest BCUT2D eigenvalue weighted by molar-refractivity contribution is 6.69. The summed E-state index contributed by atoms with van der Waals surface area (Å²) in [6, 6.07) is 0. The van der Waals surface area contributed by atoms with E-state index in [0.717, 1.165) is 13.0 Å². The highest BCUT2D eigenvalue weighted by atomic mass is 28.4. The van der Waals surface area contributed by atoms with Crippen molar-refractivity contribution in [3.63, 3.8) is 0 Å². The zero-order valence-corrected chi connectivity index (χ0v) is 11.7. The fourth-order valence-corrected chi connectivity index (χ4v) is 3.10. The first-order valence-electron chi connectivity index (χ1n) is 6.21. The van der Waals surface area contributed by atoms with Gasteiger partial charge in [-0.15, -0.1) is 0 Å². The average Bonchev–Trinajstić information content (AvgIpc) is 2.14. The van der Waals surface area contributed by atoms with Crippen LogP contribution >= 0.6 is 0 Å². The van der Waals surface area contributed by atoms with Crippen molar-refractivity contribution in [3.05, 3.63) is 0 Å². The van der Waals surface area contributed by atoms with Crippen molar-refractivity contribution >= 4 is 14.0 Å². The molecule has 0 radical (unpaired) electrons. The summed E-state index contributed by atoms with van der Waals surface area (Å²) in [6.45, 7) is 9.90. The van der Waals surface area contributed by atoms with Gasteiger partial charge in [-0.1, -0.05) is 13.3 Å². The van der Waals surface area contributed by atoms with Gasteiger partial charge in [-0.2, -0.15) is 0 Å². The predicted molar refractivity (Wildman–Crippen MR) is 69.3 cm³/mol. The summed E-state index contributed by atoms with van der Waals surface area (Å²) in [5.74, 6) is 0. The van der Waals surface area contributed by atoms with Crippen LogP contribution in [0.15, 0.2) is 4.99 Å². The number of hydrogen-bond acceptors (Lipinski definition) is 2. The normalized spacial score (nSPS) is 22.7. The zero-order valence-electron chi connectivity index (χ0n) is 10.7. The van der Waals surface area contributed by atoms with Crippen LogP contribution in [0.1, 0.15) is 39.0 Å². The third-order valence-electron chi connectivity index (χ3n) is 2.61. The van der Waals surface area contributed by atoms with Gasteiger partial charge in [0.05, 0.1) is 12.6 Å². The summed E-state index contributed by atoms with van der Waals surface area (Å²) in [4.78, 5) is 4.65. The largest absolute Gasteiger partial charge is 0.413 e. The molecule has 0 aromatic carbocycles. The van der Waals surface area contributed by atoms with E-state index in [1.807, 2.05) is 0 Å². The lowest BCUT2D eigenvalue weighted by atomic mass is 10.0. The predicted octanol–water partition coefficient (Wildman–Crippen LogP) is 3.63. The van der Waals surface area contributed by atoms with Crippen LogP contribution < -0.4 is 0 Å². The fraction of sp³-hybridized carbons (Fsp3) is 0.917. The van der Waals surface area contributed by atoms with Crippen molar-refractivity contribution in [1.82, 2.24) is 0 Å². The van der Waals surface area contributed by atoms with Crippen molar-refractivity contribution in [1.29, 1.82) is 0 Å². The lowest BCUT2D eigenvalue weighted by Crippen LogP contribution is -2.35. The van der Waals surface area contributed by atoms with Crippen molar-refractivity contribution in [2.45, 2.75) is 64.8 Å². The molecule has 1 unspecified atom stereocenters. The van der Waals surface area contributed by atoms with Crippen LogP contribution in [0.5, 0.6) is 0 Å². The van der Waals surface area contributed by atoms with Crippen LogP contribution in [0.2, 0.25) is 19.6 Å². The molecule has 0 N–H and O–H groups in total. The molecule has 0 saturated heterocycles. The lowest BCUT2D eigenvalue weighted by Gasteiger charge is -2.28. The van der Waals surface area contributed by atoms with E-state index in [-0.39, 0.29) is 0 Å². The summed E-state index contributed by atoms with van der Waals surface area (Å²) < 4.78 is 6.06. The highest BCUT2D eigenvalue weighted by Crippen LogP contribution is 2.18. The number of nitrogens with zero attached hydrogens (tertiary/aromatic N) is 1. The van der Waals surface area contributed by atoms with Crippen molar-refractivity contribution in [3.8, 4) is 0 Å². The second-order valence-electron chi connectivity index (χ2n) is 5.40. The van der Waals surface area contributed by atoms with Crippen LogP contribution in [0.3, 0.4) is 0 Å². The number of unbranched alkanes of at least 4 members (excludes halogenated alkanes) is 1. The Kier molecular flexibility index (Phi) is 5.00. The molecule has 1 aliphatic heterocycles. The van der Waals surface area contributed by atoms with Gasteiger partial charge in [0.2, 0.25) is 0 Å². The molecule has 0 aromatic heterocycles. The van der Waals surface area contributed by atoms with Gasteiger partial charge in [0, 0.05) is 5.71 Å². The molecule has 0 spiro atoms. The number of aliphatic imine (C=N–C) groups is 1. The van der Waals surface area contributed by atoms with Gasteiger partial charge in [-0.05, 0) is 45.3 Å². The van der Waals surface area contributed by atoms with Gasteiger partial charge in [0.25, 0.3) is 0 Å². The summed E-state index contributed by atoms with van der Waals surface area (Å²) in [5, 5.41) is 0. The standard InChI is InChI=1S/C12H25NOSi/c1-5-6-7-11-8-9-12(10-13-11)14-15(2,3)4/h12H,5-10H2,1-4H3. The van der Waals surface area contributed by atoms with Gasteiger partial charge < -0.3 is 4.43 Å². The molecule has 0 aromatic rings. The molecule has 2 nitrogen and oxygen atoms in total. The van der Waals surface area contributed by atoms with E-state index in [0.29, 0.717) is 6.10 Å². The lowest BCUT2D eigenvalue weighted by molar-refractivity contribution is 0.189. The summed E-state index contributed by atoms with van der Waals surface area (Å²) in [7, 11) is -1.36. The monoisotopic (exact) mass is 227 g/mol. The minimum absolute atomic E-state index is 0.405. The molecule has 88 valence electrons. The van der Waals surface area contributed by atoms with E-state index in [1.54, 1.807) is 0 Å². The first-order chi connectivity index (χ1) is 7.01. The minimum atomic E-state index is -1.36. The SMILES string of the molecule is CCCCC1=NCC(O[Si](C)(C)C)CC1. The molecule has 3 heteroatoms. The summed E-state index contributed by atoms with van der Waals surface area (Å²) >= 11 is 0. The molecule has 1 rings (SSSR count). The molecule has 0 fully saturated rings. The smallest absolute Gasteiger partial charge is 0.184 e. The van der Waals surface area contributed by atoms with E-state index < -0.39 is 8.32 Å². The van der Waals surface area contributed by atoms with Gasteiger partial charge in [-0.25, -0.2) is 0 Å². The maximum Gasteiger partial charge on any atom is 0.184 e. The Bertz CT molecular complexity index is 220. The van der Waals surface area contributed by atoms with Crippen molar-refractivity contribution < 1.29 is 4.43 Å². The van der Waals surface area contributed by atoms with E-state index >= 15 is 0 Å². The van der Waals surface area contributed by atoms with E-state index in [4.69, 9.17) is 4.43 Å². The molecular formula is C12H25NOSi. The molecule has 1 aliphatic rings. The Hall–Kier alpha value is -0.153. The average molecular weight is 227 g/mol. The van der Waals surface area contributed by atoms with Crippen LogP contribution in [0.25, 0.3) is 0 Å². The quantitative estimate of drug-likeness (QED) is 0.657. The second-order valence-corrected chi connectivity index (χ2v) is 9.86. The first kappa shape index (κ1) is 12.9. The van der Waals surface area contributed by atoms with Gasteiger partial charge in [-0.3, -0.25) is 4.99 Å². The maximum atomic E-state index is 6.06. The number of rotatable bonds is 5. The summed E-state index contributed by atoms with van der Waals surface area (Å²) in [6.07, 6.45) is 6.52. The van der Waals surface area contributed by atoms with Crippen LogP contribution in [0.4, 0.5) is 0 Å². The maximum absolute atomic E-state index is 6.06. The fourth-order valence-electron chi connectivity index (χ4n) is 1.91. The third-order valence-corrected chi connectivity index (χ3v) is 3.65. The van der Waals surface area contributed by atoms with Crippen LogP contribution in [0, 0.1) is 0 Å². The van der Waals surface area contributed by atoms with Crippen LogP contribution in [-0.2, 0) is 4.43 Å². The Balaban J connectivity index is 2.31. The van der Waals surface area contributed by atoms with Gasteiger partial charge in [0.1, 0.15) is 0 Å². The van der Waals surface area contributed by atoms with Gasteiger partial charge in [0.15, 0.2) is 8.32 Å². The molecule has 0 amide bonds. The minimum Gasteiger partial charge on any atom is -0.413 e. The third kappa shape index (κ3) is 5.47. The van der Waals surface area contributed by atoms with Crippen molar-refractivity contribution in [2.75, 3.05) is 6.54 Å². The molecule has 0 saturated carbocycles. The summed E-state index contributed by atoms with van der Waals surface area (Å²) in [5.41, 5.74) is 1.42. The molecule has 1 heterocycles. The van der Waals surface area contributed by atoms with E-state index in [2.05, 4.69) is 31.6 Å². The molecule has 0 bridgehead atoms. The van der Waals surface area contributed by atoms with Crippen molar-refractivity contribution in [2.24, 2.45) is 4.99 Å². The second kappa shape index (κ2) is 5.80. The molecule has 15 heavy (non-hydrogen) atoms. The first-order valence-corrected chi connectivity index (χ1v) is 9.62. The Morgan fingerprint density at radius 2 is 2.13 bits per heavy atom. The zero-order chi connectivity index (χ0) is 11.3. The Morgan fingerprint density at radius 3 is 2.60 bits per heavy atom. The highest BCUT2D eigenvalue weighted by Gasteiger charge is 2.23.